The van der Waals surface area contributed by atoms with Gasteiger partial charge in [0.05, 0.1) is 37.6 Å². The predicted octanol–water partition coefficient (Wildman–Crippen LogP) is 4.50. The standard InChI is InChI=1S/C26H30N2O6S/c1-5-28(20-9-7-6-8-10-20)35(30,31)22-13-15-25(34-4)23(18-22)27-26(29)16-11-19-17-21(32-2)12-14-24(19)33-3/h6-10,12-15,17-18H,5,11,16H2,1-4H3,(H,27,29). The number of hydrogen-bond donors (Lipinski definition) is 1. The number of benzene rings is 3. The van der Waals surface area contributed by atoms with Gasteiger partial charge in [-0.25, -0.2) is 8.42 Å². The van der Waals surface area contributed by atoms with Crippen molar-refractivity contribution in [3.8, 4) is 17.2 Å². The van der Waals surface area contributed by atoms with Gasteiger partial charge in [0.1, 0.15) is 17.2 Å². The fourth-order valence-corrected chi connectivity index (χ4v) is 5.20. The molecule has 3 aromatic carbocycles. The lowest BCUT2D eigenvalue weighted by atomic mass is 10.1. The van der Waals surface area contributed by atoms with Crippen molar-refractivity contribution in [2.24, 2.45) is 0 Å². The molecule has 1 N–H and O–H groups in total. The summed E-state index contributed by atoms with van der Waals surface area (Å²) in [6, 6.07) is 18.7. The average Bonchev–Trinajstić information content (AvgIpc) is 2.88. The van der Waals surface area contributed by atoms with E-state index in [4.69, 9.17) is 14.2 Å². The molecule has 0 aromatic heterocycles. The van der Waals surface area contributed by atoms with Crippen LogP contribution >= 0.6 is 0 Å². The van der Waals surface area contributed by atoms with Gasteiger partial charge in [-0.2, -0.15) is 0 Å². The molecule has 3 rings (SSSR count). The van der Waals surface area contributed by atoms with Crippen LogP contribution in [0.15, 0.2) is 71.6 Å². The van der Waals surface area contributed by atoms with Crippen LogP contribution in [0.3, 0.4) is 0 Å². The molecule has 0 radical (unpaired) electrons. The molecule has 0 heterocycles. The van der Waals surface area contributed by atoms with Gasteiger partial charge in [-0.1, -0.05) is 18.2 Å². The molecule has 0 aliphatic carbocycles. The van der Waals surface area contributed by atoms with Gasteiger partial charge in [-0.3, -0.25) is 9.10 Å². The van der Waals surface area contributed by atoms with E-state index >= 15 is 0 Å². The van der Waals surface area contributed by atoms with Gasteiger partial charge in [-0.05, 0) is 67.4 Å². The third-order valence-electron chi connectivity index (χ3n) is 5.47. The largest absolute Gasteiger partial charge is 0.497 e. The summed E-state index contributed by atoms with van der Waals surface area (Å²) in [5.41, 5.74) is 1.66. The molecule has 35 heavy (non-hydrogen) atoms. The quantitative estimate of drug-likeness (QED) is 0.418. The van der Waals surface area contributed by atoms with Gasteiger partial charge in [0, 0.05) is 13.0 Å². The maximum Gasteiger partial charge on any atom is 0.264 e. The summed E-state index contributed by atoms with van der Waals surface area (Å²) in [7, 11) is 0.737. The highest BCUT2D eigenvalue weighted by Gasteiger charge is 2.25. The van der Waals surface area contributed by atoms with Crippen LogP contribution in [0.1, 0.15) is 18.9 Å². The molecule has 0 unspecified atom stereocenters. The number of methoxy groups -OCH3 is 3. The maximum atomic E-state index is 13.4. The summed E-state index contributed by atoms with van der Waals surface area (Å²) in [4.78, 5) is 12.8. The average molecular weight is 499 g/mol. The van der Waals surface area contributed by atoms with E-state index in [-0.39, 0.29) is 29.5 Å². The van der Waals surface area contributed by atoms with Crippen LogP contribution in [-0.2, 0) is 21.2 Å². The van der Waals surface area contributed by atoms with Crippen LogP contribution in [-0.4, -0.2) is 42.2 Å². The van der Waals surface area contributed by atoms with E-state index < -0.39 is 10.0 Å². The Morgan fingerprint density at radius 1 is 0.886 bits per heavy atom. The van der Waals surface area contributed by atoms with Crippen molar-refractivity contribution in [1.82, 2.24) is 0 Å². The second-order valence-electron chi connectivity index (χ2n) is 7.59. The molecule has 8 nitrogen and oxygen atoms in total. The summed E-state index contributed by atoms with van der Waals surface area (Å²) in [6.45, 7) is 2.02. The Labute approximate surface area is 206 Å². The first-order valence-electron chi connectivity index (χ1n) is 11.1. The van der Waals surface area contributed by atoms with Crippen molar-refractivity contribution in [3.63, 3.8) is 0 Å². The number of hydrogen-bond acceptors (Lipinski definition) is 6. The van der Waals surface area contributed by atoms with Crippen molar-refractivity contribution < 1.29 is 27.4 Å². The second kappa shape index (κ2) is 11.6. The smallest absolute Gasteiger partial charge is 0.264 e. The van der Waals surface area contributed by atoms with Crippen molar-refractivity contribution in [3.05, 3.63) is 72.3 Å². The number of para-hydroxylation sites is 1. The van der Waals surface area contributed by atoms with Gasteiger partial charge in [-0.15, -0.1) is 0 Å². The highest BCUT2D eigenvalue weighted by Crippen LogP contribution is 2.31. The maximum absolute atomic E-state index is 13.4. The molecule has 0 aliphatic heterocycles. The van der Waals surface area contributed by atoms with E-state index in [9.17, 15) is 13.2 Å². The summed E-state index contributed by atoms with van der Waals surface area (Å²) in [6.07, 6.45) is 0.554. The number of nitrogens with zero attached hydrogens (tertiary/aromatic N) is 1. The molecule has 0 saturated carbocycles. The number of carbonyl (C=O) groups is 1. The number of aryl methyl sites for hydroxylation is 1. The topological polar surface area (TPSA) is 94.2 Å². The van der Waals surface area contributed by atoms with Gasteiger partial charge >= 0.3 is 0 Å². The van der Waals surface area contributed by atoms with Crippen LogP contribution in [0.2, 0.25) is 0 Å². The van der Waals surface area contributed by atoms with Crippen LogP contribution in [0.5, 0.6) is 17.2 Å². The van der Waals surface area contributed by atoms with Gasteiger partial charge < -0.3 is 19.5 Å². The molecule has 0 bridgehead atoms. The zero-order valence-electron chi connectivity index (χ0n) is 20.3. The fraction of sp³-hybridized carbons (Fsp3) is 0.269. The zero-order valence-corrected chi connectivity index (χ0v) is 21.1. The lowest BCUT2D eigenvalue weighted by Crippen LogP contribution is -2.30. The molecule has 0 aliphatic rings. The predicted molar refractivity (Wildman–Crippen MR) is 136 cm³/mol. The van der Waals surface area contributed by atoms with E-state index in [1.54, 1.807) is 57.5 Å². The van der Waals surface area contributed by atoms with E-state index in [2.05, 4.69) is 5.32 Å². The Hall–Kier alpha value is -3.72. The minimum atomic E-state index is -3.86. The lowest BCUT2D eigenvalue weighted by molar-refractivity contribution is -0.116. The van der Waals surface area contributed by atoms with Crippen LogP contribution in [0, 0.1) is 0 Å². The summed E-state index contributed by atoms with van der Waals surface area (Å²) >= 11 is 0. The highest BCUT2D eigenvalue weighted by atomic mass is 32.2. The van der Waals surface area contributed by atoms with Crippen molar-refractivity contribution in [1.29, 1.82) is 0 Å². The van der Waals surface area contributed by atoms with Gasteiger partial charge in [0.25, 0.3) is 10.0 Å². The molecule has 3 aromatic rings. The third kappa shape index (κ3) is 6.05. The number of sulfonamides is 1. The molecular formula is C26H30N2O6S. The molecule has 0 atom stereocenters. The summed E-state index contributed by atoms with van der Waals surface area (Å²) in [5, 5.41) is 2.79. The number of ether oxygens (including phenoxy) is 3. The number of carbonyl (C=O) groups excluding carboxylic acids is 1. The van der Waals surface area contributed by atoms with E-state index in [1.165, 1.54) is 29.6 Å². The van der Waals surface area contributed by atoms with Crippen molar-refractivity contribution in [2.75, 3.05) is 37.5 Å². The number of anilines is 2. The number of nitrogens with one attached hydrogen (secondary N) is 1. The molecule has 0 saturated heterocycles. The minimum absolute atomic E-state index is 0.0498. The molecular weight excluding hydrogens is 468 g/mol. The van der Waals surface area contributed by atoms with E-state index in [0.717, 1.165) is 5.56 Å². The number of rotatable bonds is 11. The Bertz CT molecular complexity index is 1260. The first-order chi connectivity index (χ1) is 16.8. The van der Waals surface area contributed by atoms with E-state index in [1.807, 2.05) is 12.1 Å². The van der Waals surface area contributed by atoms with Crippen molar-refractivity contribution >= 4 is 27.3 Å². The molecule has 0 spiro atoms. The van der Waals surface area contributed by atoms with Crippen LogP contribution in [0.4, 0.5) is 11.4 Å². The lowest BCUT2D eigenvalue weighted by Gasteiger charge is -2.23. The Kier molecular flexibility index (Phi) is 8.59. The van der Waals surface area contributed by atoms with E-state index in [0.29, 0.717) is 29.4 Å². The van der Waals surface area contributed by atoms with Crippen molar-refractivity contribution in [2.45, 2.75) is 24.7 Å². The Balaban J connectivity index is 1.82. The monoisotopic (exact) mass is 498 g/mol. The van der Waals surface area contributed by atoms with Gasteiger partial charge in [0.2, 0.25) is 5.91 Å². The number of amides is 1. The van der Waals surface area contributed by atoms with Crippen LogP contribution < -0.4 is 23.8 Å². The Morgan fingerprint density at radius 3 is 2.20 bits per heavy atom. The molecule has 1 amide bonds. The fourth-order valence-electron chi connectivity index (χ4n) is 3.70. The first kappa shape index (κ1) is 25.9. The molecule has 0 fully saturated rings. The SMILES string of the molecule is CCN(c1ccccc1)S(=O)(=O)c1ccc(OC)c(NC(=O)CCc2cc(OC)ccc2OC)c1. The Morgan fingerprint density at radius 2 is 1.57 bits per heavy atom. The van der Waals surface area contributed by atoms with Gasteiger partial charge in [0.15, 0.2) is 0 Å². The van der Waals surface area contributed by atoms with Crippen LogP contribution in [0.25, 0.3) is 0 Å². The molecule has 9 heteroatoms. The first-order valence-corrected chi connectivity index (χ1v) is 12.5. The minimum Gasteiger partial charge on any atom is -0.497 e. The normalized spacial score (nSPS) is 11.0. The third-order valence-corrected chi connectivity index (χ3v) is 7.37. The summed E-state index contributed by atoms with van der Waals surface area (Å²) < 4.78 is 44.1. The zero-order chi connectivity index (χ0) is 25.4. The second-order valence-corrected chi connectivity index (χ2v) is 9.46. The highest BCUT2D eigenvalue weighted by molar-refractivity contribution is 7.92. The molecule has 186 valence electrons. The summed E-state index contributed by atoms with van der Waals surface area (Å²) in [5.74, 6) is 1.39.